The minimum atomic E-state index is -0.0962. The highest BCUT2D eigenvalue weighted by Crippen LogP contribution is 2.18. The number of aliphatic imine (C=N–C) groups is 1. The number of nitrogens with one attached hydrogen (secondary N) is 1. The molecule has 0 atom stereocenters. The average molecular weight is 329 g/mol. The number of esters is 1. The standard InChI is InChI=1S/C16H31N3O4/c1-17-16(18-8-4-5-11-23-13-12-21-2)19-9-6-14(7-10-19)15(20)22-3/h14H,4-13H2,1-3H3,(H,17,18). The molecule has 1 aliphatic heterocycles. The maximum Gasteiger partial charge on any atom is 0.308 e. The Hall–Kier alpha value is -1.34. The third kappa shape index (κ3) is 7.65. The first-order chi connectivity index (χ1) is 11.2. The quantitative estimate of drug-likeness (QED) is 0.293. The third-order valence-corrected chi connectivity index (χ3v) is 3.97. The number of guanidine groups is 1. The van der Waals surface area contributed by atoms with E-state index < -0.39 is 0 Å². The van der Waals surface area contributed by atoms with Gasteiger partial charge in [0, 0.05) is 40.4 Å². The van der Waals surface area contributed by atoms with E-state index >= 15 is 0 Å². The fraction of sp³-hybridized carbons (Fsp3) is 0.875. The van der Waals surface area contributed by atoms with Crippen LogP contribution < -0.4 is 5.32 Å². The molecule has 7 heteroatoms. The Morgan fingerprint density at radius 1 is 1.17 bits per heavy atom. The van der Waals surface area contributed by atoms with Crippen LogP contribution in [-0.4, -0.2) is 77.6 Å². The molecule has 0 bridgehead atoms. The van der Waals surface area contributed by atoms with Gasteiger partial charge in [0.05, 0.1) is 26.2 Å². The molecule has 1 saturated heterocycles. The number of hydrogen-bond acceptors (Lipinski definition) is 5. The zero-order valence-corrected chi connectivity index (χ0v) is 14.7. The monoisotopic (exact) mass is 329 g/mol. The maximum atomic E-state index is 11.5. The van der Waals surface area contributed by atoms with Gasteiger partial charge in [0.1, 0.15) is 0 Å². The fourth-order valence-electron chi connectivity index (χ4n) is 2.60. The normalized spacial score (nSPS) is 16.5. The van der Waals surface area contributed by atoms with Crippen LogP contribution in [0.2, 0.25) is 0 Å². The van der Waals surface area contributed by atoms with Crippen molar-refractivity contribution in [1.29, 1.82) is 0 Å². The summed E-state index contributed by atoms with van der Waals surface area (Å²) in [4.78, 5) is 18.1. The molecule has 1 rings (SSSR count). The van der Waals surface area contributed by atoms with Crippen molar-refractivity contribution in [3.05, 3.63) is 0 Å². The Labute approximate surface area is 139 Å². The van der Waals surface area contributed by atoms with Crippen molar-refractivity contribution >= 4 is 11.9 Å². The van der Waals surface area contributed by atoms with E-state index in [1.54, 1.807) is 14.2 Å². The summed E-state index contributed by atoms with van der Waals surface area (Å²) in [6.07, 6.45) is 3.68. The SMILES string of the molecule is CN=C(NCCCCOCCOC)N1CCC(C(=O)OC)CC1. The molecular formula is C16H31N3O4. The molecule has 1 heterocycles. The van der Waals surface area contributed by atoms with Crippen LogP contribution in [0.3, 0.4) is 0 Å². The van der Waals surface area contributed by atoms with E-state index in [-0.39, 0.29) is 11.9 Å². The zero-order valence-electron chi connectivity index (χ0n) is 14.7. The van der Waals surface area contributed by atoms with Crippen molar-refractivity contribution in [3.8, 4) is 0 Å². The molecule has 0 radical (unpaired) electrons. The number of carbonyl (C=O) groups is 1. The molecule has 0 unspecified atom stereocenters. The van der Waals surface area contributed by atoms with Gasteiger partial charge in [-0.25, -0.2) is 0 Å². The predicted octanol–water partition coefficient (Wildman–Crippen LogP) is 0.890. The summed E-state index contributed by atoms with van der Waals surface area (Å²) in [5, 5.41) is 3.38. The van der Waals surface area contributed by atoms with Crippen molar-refractivity contribution in [2.24, 2.45) is 10.9 Å². The molecule has 0 aromatic rings. The van der Waals surface area contributed by atoms with Crippen molar-refractivity contribution in [1.82, 2.24) is 10.2 Å². The van der Waals surface area contributed by atoms with Gasteiger partial charge in [-0.1, -0.05) is 0 Å². The number of ether oxygens (including phenoxy) is 3. The van der Waals surface area contributed by atoms with Crippen molar-refractivity contribution in [2.45, 2.75) is 25.7 Å². The van der Waals surface area contributed by atoms with Crippen LogP contribution in [0.15, 0.2) is 4.99 Å². The lowest BCUT2D eigenvalue weighted by molar-refractivity contribution is -0.146. The van der Waals surface area contributed by atoms with E-state index in [0.717, 1.165) is 57.9 Å². The van der Waals surface area contributed by atoms with Gasteiger partial charge in [-0.2, -0.15) is 0 Å². The van der Waals surface area contributed by atoms with Gasteiger partial charge in [0.25, 0.3) is 0 Å². The number of methoxy groups -OCH3 is 2. The third-order valence-electron chi connectivity index (χ3n) is 3.97. The van der Waals surface area contributed by atoms with Gasteiger partial charge in [-0.3, -0.25) is 9.79 Å². The van der Waals surface area contributed by atoms with E-state index in [4.69, 9.17) is 14.2 Å². The van der Waals surface area contributed by atoms with E-state index in [1.165, 1.54) is 7.11 Å². The molecule has 0 aromatic carbocycles. The number of nitrogens with zero attached hydrogens (tertiary/aromatic N) is 2. The molecule has 0 aromatic heterocycles. The van der Waals surface area contributed by atoms with E-state index in [9.17, 15) is 4.79 Å². The average Bonchev–Trinajstić information content (AvgIpc) is 2.60. The summed E-state index contributed by atoms with van der Waals surface area (Å²) in [5.41, 5.74) is 0. The number of rotatable bonds is 9. The van der Waals surface area contributed by atoms with Crippen molar-refractivity contribution in [3.63, 3.8) is 0 Å². The van der Waals surface area contributed by atoms with Crippen LogP contribution in [-0.2, 0) is 19.0 Å². The van der Waals surface area contributed by atoms with Gasteiger partial charge < -0.3 is 24.4 Å². The minimum Gasteiger partial charge on any atom is -0.469 e. The molecule has 23 heavy (non-hydrogen) atoms. The Morgan fingerprint density at radius 3 is 2.52 bits per heavy atom. The summed E-state index contributed by atoms with van der Waals surface area (Å²) >= 11 is 0. The smallest absolute Gasteiger partial charge is 0.308 e. The predicted molar refractivity (Wildman–Crippen MR) is 89.6 cm³/mol. The van der Waals surface area contributed by atoms with Crippen LogP contribution in [0.4, 0.5) is 0 Å². The van der Waals surface area contributed by atoms with Crippen molar-refractivity contribution in [2.75, 3.05) is 60.7 Å². The van der Waals surface area contributed by atoms with Crippen LogP contribution in [0.1, 0.15) is 25.7 Å². The van der Waals surface area contributed by atoms with Gasteiger partial charge in [-0.15, -0.1) is 0 Å². The molecule has 0 spiro atoms. The van der Waals surface area contributed by atoms with Crippen LogP contribution in [0.5, 0.6) is 0 Å². The van der Waals surface area contributed by atoms with Crippen LogP contribution in [0, 0.1) is 5.92 Å². The molecule has 0 saturated carbocycles. The number of carbonyl (C=O) groups excluding carboxylic acids is 1. The first-order valence-electron chi connectivity index (χ1n) is 8.33. The summed E-state index contributed by atoms with van der Waals surface area (Å²) in [7, 11) is 4.92. The number of likely N-dealkylation sites (tertiary alicyclic amines) is 1. The number of hydrogen-bond donors (Lipinski definition) is 1. The van der Waals surface area contributed by atoms with Gasteiger partial charge >= 0.3 is 5.97 Å². The largest absolute Gasteiger partial charge is 0.469 e. The molecular weight excluding hydrogens is 298 g/mol. The first kappa shape index (κ1) is 19.7. The Morgan fingerprint density at radius 2 is 1.91 bits per heavy atom. The highest BCUT2D eigenvalue weighted by Gasteiger charge is 2.26. The summed E-state index contributed by atoms with van der Waals surface area (Å²) in [5.74, 6) is 0.841. The molecule has 0 aliphatic carbocycles. The topological polar surface area (TPSA) is 72.4 Å². The second-order valence-corrected chi connectivity index (χ2v) is 5.57. The van der Waals surface area contributed by atoms with Crippen LogP contribution >= 0.6 is 0 Å². The lowest BCUT2D eigenvalue weighted by Gasteiger charge is -2.33. The van der Waals surface area contributed by atoms with Crippen molar-refractivity contribution < 1.29 is 19.0 Å². The first-order valence-corrected chi connectivity index (χ1v) is 8.33. The summed E-state index contributed by atoms with van der Waals surface area (Å²) < 4.78 is 15.2. The van der Waals surface area contributed by atoms with Gasteiger partial charge in [0.15, 0.2) is 5.96 Å². The second-order valence-electron chi connectivity index (χ2n) is 5.57. The molecule has 134 valence electrons. The summed E-state index contributed by atoms with van der Waals surface area (Å²) in [6.45, 7) is 4.59. The van der Waals surface area contributed by atoms with Gasteiger partial charge in [-0.05, 0) is 25.7 Å². The molecule has 0 amide bonds. The van der Waals surface area contributed by atoms with Crippen LogP contribution in [0.25, 0.3) is 0 Å². The molecule has 1 aliphatic rings. The van der Waals surface area contributed by atoms with E-state index in [1.807, 2.05) is 0 Å². The second kappa shape index (κ2) is 12.1. The molecule has 7 nitrogen and oxygen atoms in total. The van der Waals surface area contributed by atoms with Gasteiger partial charge in [0.2, 0.25) is 0 Å². The number of piperidine rings is 1. The Balaban J connectivity index is 2.14. The highest BCUT2D eigenvalue weighted by molar-refractivity contribution is 5.80. The van der Waals surface area contributed by atoms with E-state index in [2.05, 4.69) is 15.2 Å². The minimum absolute atomic E-state index is 0.0265. The fourth-order valence-corrected chi connectivity index (χ4v) is 2.60. The highest BCUT2D eigenvalue weighted by atomic mass is 16.5. The Bertz CT molecular complexity index is 355. The molecule has 1 N–H and O–H groups in total. The lowest BCUT2D eigenvalue weighted by Crippen LogP contribution is -2.46. The van der Waals surface area contributed by atoms with E-state index in [0.29, 0.717) is 13.2 Å². The molecule has 1 fully saturated rings. The summed E-state index contributed by atoms with van der Waals surface area (Å²) in [6, 6.07) is 0. The number of unbranched alkanes of at least 4 members (excludes halogenated alkanes) is 1. The Kier molecular flexibility index (Phi) is 10.4. The zero-order chi connectivity index (χ0) is 16.9. The maximum absolute atomic E-state index is 11.5. The lowest BCUT2D eigenvalue weighted by atomic mass is 9.97.